The van der Waals surface area contributed by atoms with Gasteiger partial charge in [0.05, 0.1) is 25.7 Å². The van der Waals surface area contributed by atoms with E-state index < -0.39 is 0 Å². The van der Waals surface area contributed by atoms with E-state index in [-0.39, 0.29) is 18.0 Å². The Labute approximate surface area is 179 Å². The Morgan fingerprint density at radius 1 is 1.20 bits per heavy atom. The van der Waals surface area contributed by atoms with Crippen molar-refractivity contribution in [1.82, 2.24) is 10.2 Å². The maximum atomic E-state index is 12.0. The molecule has 3 rings (SSSR count). The highest BCUT2D eigenvalue weighted by atomic mass is 16.5. The molecule has 0 amide bonds. The molecule has 1 aromatic rings. The highest BCUT2D eigenvalue weighted by Crippen LogP contribution is 2.30. The summed E-state index contributed by atoms with van der Waals surface area (Å²) in [6.45, 7) is 4.49. The summed E-state index contributed by atoms with van der Waals surface area (Å²) in [6.07, 6.45) is 6.56. The lowest BCUT2D eigenvalue weighted by atomic mass is 9.97. The van der Waals surface area contributed by atoms with Gasteiger partial charge in [-0.05, 0) is 57.6 Å². The van der Waals surface area contributed by atoms with Crippen molar-refractivity contribution in [2.75, 3.05) is 33.9 Å². The molecule has 0 atom stereocenters. The van der Waals surface area contributed by atoms with Gasteiger partial charge in [-0.25, -0.2) is 0 Å². The predicted octanol–water partition coefficient (Wildman–Crippen LogP) is 3.37. The lowest BCUT2D eigenvalue weighted by Gasteiger charge is -2.33. The second-order valence-electron chi connectivity index (χ2n) is 7.91. The summed E-state index contributed by atoms with van der Waals surface area (Å²) >= 11 is 0. The molecule has 7 heteroatoms. The number of carbonyl (C=O) groups is 1. The van der Waals surface area contributed by atoms with Crippen LogP contribution in [0, 0.1) is 5.92 Å². The number of nitrogens with one attached hydrogen (secondary N) is 1. The van der Waals surface area contributed by atoms with Crippen LogP contribution in [0.1, 0.15) is 51.0 Å². The number of hydrogen-bond donors (Lipinski definition) is 1. The van der Waals surface area contributed by atoms with E-state index in [0.29, 0.717) is 13.2 Å². The topological polar surface area (TPSA) is 72.4 Å². The van der Waals surface area contributed by atoms with E-state index in [2.05, 4.69) is 21.3 Å². The number of guanidine groups is 1. The fraction of sp³-hybridized carbons (Fsp3) is 0.652. The van der Waals surface area contributed by atoms with Gasteiger partial charge < -0.3 is 24.4 Å². The number of ether oxygens (including phenoxy) is 3. The van der Waals surface area contributed by atoms with E-state index in [1.165, 1.54) is 12.8 Å². The second-order valence-corrected chi connectivity index (χ2v) is 7.91. The zero-order valence-electron chi connectivity index (χ0n) is 18.5. The first-order valence-electron chi connectivity index (χ1n) is 11.1. The van der Waals surface area contributed by atoms with Crippen molar-refractivity contribution >= 4 is 11.9 Å². The molecular formula is C23H35N3O4. The smallest absolute Gasteiger partial charge is 0.309 e. The number of nitrogens with zero attached hydrogens (tertiary/aromatic N) is 2. The summed E-state index contributed by atoms with van der Waals surface area (Å²) in [5, 5.41) is 3.47. The third-order valence-corrected chi connectivity index (χ3v) is 5.93. The van der Waals surface area contributed by atoms with E-state index in [1.54, 1.807) is 14.2 Å². The van der Waals surface area contributed by atoms with Gasteiger partial charge in [0, 0.05) is 38.3 Å². The molecule has 0 spiro atoms. The van der Waals surface area contributed by atoms with Gasteiger partial charge in [-0.2, -0.15) is 0 Å². The summed E-state index contributed by atoms with van der Waals surface area (Å²) in [5.74, 6) is 2.45. The van der Waals surface area contributed by atoms with Gasteiger partial charge in [0.15, 0.2) is 5.96 Å². The predicted molar refractivity (Wildman–Crippen MR) is 117 cm³/mol. The van der Waals surface area contributed by atoms with Crippen molar-refractivity contribution < 1.29 is 19.0 Å². The lowest BCUT2D eigenvalue weighted by molar-refractivity contribution is -0.149. The van der Waals surface area contributed by atoms with Crippen molar-refractivity contribution in [3.8, 4) is 11.5 Å². The largest absolute Gasteiger partial charge is 0.497 e. The van der Waals surface area contributed by atoms with Crippen molar-refractivity contribution in [2.45, 2.75) is 58.1 Å². The Balaban J connectivity index is 1.59. The molecule has 0 aromatic heterocycles. The molecule has 1 aromatic carbocycles. The van der Waals surface area contributed by atoms with Crippen LogP contribution >= 0.6 is 0 Å². The van der Waals surface area contributed by atoms with Crippen LogP contribution in [-0.4, -0.2) is 56.8 Å². The van der Waals surface area contributed by atoms with Gasteiger partial charge in [-0.15, -0.1) is 0 Å². The summed E-state index contributed by atoms with van der Waals surface area (Å²) in [6, 6.07) is 5.99. The Kier molecular flexibility index (Phi) is 8.22. The average molecular weight is 418 g/mol. The Morgan fingerprint density at radius 3 is 2.57 bits per heavy atom. The van der Waals surface area contributed by atoms with E-state index in [0.717, 1.165) is 61.8 Å². The highest BCUT2D eigenvalue weighted by molar-refractivity contribution is 5.80. The molecule has 2 aliphatic rings. The standard InChI is InChI=1S/C23H35N3O4/c1-4-29-22(27)17-11-13-26(14-12-17)23(24-2)25-16-18-9-10-20(28-3)15-21(18)30-19-7-5-6-8-19/h9-10,15,17,19H,4-8,11-14,16H2,1-3H3,(H,24,25). The van der Waals surface area contributed by atoms with Crippen LogP contribution in [-0.2, 0) is 16.1 Å². The van der Waals surface area contributed by atoms with Crippen molar-refractivity contribution in [2.24, 2.45) is 10.9 Å². The maximum Gasteiger partial charge on any atom is 0.309 e. The first-order valence-corrected chi connectivity index (χ1v) is 11.1. The van der Waals surface area contributed by atoms with E-state index in [9.17, 15) is 4.79 Å². The molecule has 1 saturated carbocycles. The summed E-state index contributed by atoms with van der Waals surface area (Å²) < 4.78 is 16.9. The zero-order valence-corrected chi connectivity index (χ0v) is 18.5. The zero-order chi connectivity index (χ0) is 21.3. The molecule has 0 bridgehead atoms. The van der Waals surface area contributed by atoms with Gasteiger partial charge in [0.2, 0.25) is 0 Å². The molecule has 1 saturated heterocycles. The van der Waals surface area contributed by atoms with E-state index in [1.807, 2.05) is 19.1 Å². The molecule has 166 valence electrons. The minimum absolute atomic E-state index is 0.00712. The van der Waals surface area contributed by atoms with Crippen LogP contribution in [0.5, 0.6) is 11.5 Å². The quantitative estimate of drug-likeness (QED) is 0.417. The van der Waals surface area contributed by atoms with Crippen LogP contribution in [0.25, 0.3) is 0 Å². The molecule has 0 radical (unpaired) electrons. The number of benzene rings is 1. The fourth-order valence-electron chi connectivity index (χ4n) is 4.20. The van der Waals surface area contributed by atoms with Crippen LogP contribution in [0.3, 0.4) is 0 Å². The number of piperidine rings is 1. The first-order chi connectivity index (χ1) is 14.6. The van der Waals surface area contributed by atoms with Gasteiger partial charge in [0.25, 0.3) is 0 Å². The lowest BCUT2D eigenvalue weighted by Crippen LogP contribution is -2.46. The van der Waals surface area contributed by atoms with E-state index >= 15 is 0 Å². The summed E-state index contributed by atoms with van der Waals surface area (Å²) in [4.78, 5) is 18.6. The number of likely N-dealkylation sites (tertiary alicyclic amines) is 1. The normalized spacial score (nSPS) is 18.4. The van der Waals surface area contributed by atoms with Crippen molar-refractivity contribution in [1.29, 1.82) is 0 Å². The first kappa shape index (κ1) is 22.2. The Bertz CT molecular complexity index is 723. The van der Waals surface area contributed by atoms with Crippen LogP contribution in [0.2, 0.25) is 0 Å². The van der Waals surface area contributed by atoms with Crippen LogP contribution < -0.4 is 14.8 Å². The number of methoxy groups -OCH3 is 1. The molecule has 0 unspecified atom stereocenters. The third kappa shape index (κ3) is 5.80. The minimum Gasteiger partial charge on any atom is -0.497 e. The molecule has 7 nitrogen and oxygen atoms in total. The number of hydrogen-bond acceptors (Lipinski definition) is 5. The number of esters is 1. The average Bonchev–Trinajstić information content (AvgIpc) is 3.28. The molecule has 2 fully saturated rings. The Morgan fingerprint density at radius 2 is 1.93 bits per heavy atom. The SMILES string of the molecule is CCOC(=O)C1CCN(C(=NC)NCc2ccc(OC)cc2OC2CCCC2)CC1. The van der Waals surface area contributed by atoms with Crippen molar-refractivity contribution in [3.05, 3.63) is 23.8 Å². The highest BCUT2D eigenvalue weighted by Gasteiger charge is 2.27. The molecule has 1 heterocycles. The van der Waals surface area contributed by atoms with Gasteiger partial charge >= 0.3 is 5.97 Å². The van der Waals surface area contributed by atoms with Crippen molar-refractivity contribution in [3.63, 3.8) is 0 Å². The second kappa shape index (κ2) is 11.1. The number of rotatable bonds is 7. The maximum absolute atomic E-state index is 12.0. The van der Waals surface area contributed by atoms with Gasteiger partial charge in [0.1, 0.15) is 11.5 Å². The monoisotopic (exact) mass is 417 g/mol. The summed E-state index contributed by atoms with van der Waals surface area (Å²) in [5.41, 5.74) is 1.09. The minimum atomic E-state index is -0.0768. The molecular weight excluding hydrogens is 382 g/mol. The molecule has 1 aliphatic carbocycles. The van der Waals surface area contributed by atoms with Gasteiger partial charge in [-0.3, -0.25) is 9.79 Å². The van der Waals surface area contributed by atoms with Gasteiger partial charge in [-0.1, -0.05) is 0 Å². The summed E-state index contributed by atoms with van der Waals surface area (Å²) in [7, 11) is 3.47. The van der Waals surface area contributed by atoms with E-state index in [4.69, 9.17) is 14.2 Å². The third-order valence-electron chi connectivity index (χ3n) is 5.93. The van der Waals surface area contributed by atoms with Crippen LogP contribution in [0.4, 0.5) is 0 Å². The number of carbonyl (C=O) groups excluding carboxylic acids is 1. The molecule has 30 heavy (non-hydrogen) atoms. The Hall–Kier alpha value is -2.44. The number of aliphatic imine (C=N–C) groups is 1. The molecule has 1 N–H and O–H groups in total. The van der Waals surface area contributed by atoms with Crippen LogP contribution in [0.15, 0.2) is 23.2 Å². The fourth-order valence-corrected chi connectivity index (χ4v) is 4.20. The molecule has 1 aliphatic heterocycles.